The van der Waals surface area contributed by atoms with Gasteiger partial charge in [0.15, 0.2) is 0 Å². The van der Waals surface area contributed by atoms with Crippen LogP contribution >= 0.6 is 24.8 Å². The number of aromatic nitrogens is 1. The number of hydrogen-bond acceptors (Lipinski definition) is 3. The molecule has 5 nitrogen and oxygen atoms in total. The second-order valence-electron chi connectivity index (χ2n) is 4.32. The third-order valence-corrected chi connectivity index (χ3v) is 2.98. The summed E-state index contributed by atoms with van der Waals surface area (Å²) in [7, 11) is 0. The first-order valence-electron chi connectivity index (χ1n) is 5.92. The van der Waals surface area contributed by atoms with Gasteiger partial charge in [-0.2, -0.15) is 0 Å². The first kappa shape index (κ1) is 18.0. The number of nitrogens with one attached hydrogen (secondary N) is 3. The maximum Gasteiger partial charge on any atom is 0.247 e. The molecule has 0 aliphatic carbocycles. The molecule has 0 aromatic carbocycles. The van der Waals surface area contributed by atoms with Gasteiger partial charge in [0.25, 0.3) is 0 Å². The maximum atomic E-state index is 11.8. The highest BCUT2D eigenvalue weighted by Gasteiger charge is 2.20. The predicted molar refractivity (Wildman–Crippen MR) is 79.0 cm³/mol. The molecule has 1 aliphatic rings. The van der Waals surface area contributed by atoms with Crippen molar-refractivity contribution in [1.29, 1.82) is 0 Å². The van der Waals surface area contributed by atoms with Crippen LogP contribution in [0.2, 0.25) is 0 Å². The zero-order valence-electron chi connectivity index (χ0n) is 10.5. The molecule has 3 N–H and O–H groups in total. The van der Waals surface area contributed by atoms with Crippen LogP contribution in [0, 0.1) is 5.92 Å². The Hall–Kier alpha value is -1.04. The second-order valence-corrected chi connectivity index (χ2v) is 4.32. The first-order valence-corrected chi connectivity index (χ1v) is 5.92. The quantitative estimate of drug-likeness (QED) is 0.774. The number of carbonyl (C=O) groups excluding carboxylic acids is 1. The van der Waals surface area contributed by atoms with E-state index in [4.69, 9.17) is 0 Å². The molecular formula is C12H19Cl2N3O2. The Kier molecular flexibility index (Phi) is 8.47. The Morgan fingerprint density at radius 3 is 2.74 bits per heavy atom. The fraction of sp³-hybridized carbons (Fsp3) is 0.500. The normalized spacial score (nSPS) is 17.8. The maximum absolute atomic E-state index is 11.8. The van der Waals surface area contributed by atoms with Gasteiger partial charge in [-0.25, -0.2) is 0 Å². The Morgan fingerprint density at radius 1 is 1.37 bits per heavy atom. The van der Waals surface area contributed by atoms with Gasteiger partial charge in [-0.05, 0) is 24.9 Å². The number of halogens is 2. The van der Waals surface area contributed by atoms with Gasteiger partial charge in [-0.3, -0.25) is 9.59 Å². The lowest BCUT2D eigenvalue weighted by Crippen LogP contribution is -2.40. The lowest BCUT2D eigenvalue weighted by Gasteiger charge is -2.21. The Bertz CT molecular complexity index is 424. The van der Waals surface area contributed by atoms with Gasteiger partial charge in [-0.15, -0.1) is 24.8 Å². The number of carbonyl (C=O) groups is 1. The summed E-state index contributed by atoms with van der Waals surface area (Å²) in [6.45, 7) is 2.23. The zero-order chi connectivity index (χ0) is 12.1. The van der Waals surface area contributed by atoms with E-state index in [2.05, 4.69) is 15.6 Å². The SMILES string of the molecule is Cl.Cl.O=C(NCc1ccc(=O)[nH]c1)C1CCCNC1. The third-order valence-electron chi connectivity index (χ3n) is 2.98. The molecule has 1 atom stereocenters. The molecule has 2 heterocycles. The molecule has 0 saturated carbocycles. The summed E-state index contributed by atoms with van der Waals surface area (Å²) in [5, 5.41) is 6.10. The third kappa shape index (κ3) is 5.63. The minimum atomic E-state index is -0.128. The molecule has 7 heteroatoms. The van der Waals surface area contributed by atoms with Crippen LogP contribution in [0.25, 0.3) is 0 Å². The van der Waals surface area contributed by atoms with Crippen molar-refractivity contribution >= 4 is 30.7 Å². The Balaban J connectivity index is 0.00000162. The average molecular weight is 308 g/mol. The molecule has 1 aliphatic heterocycles. The van der Waals surface area contributed by atoms with Gasteiger partial charge in [0, 0.05) is 25.4 Å². The van der Waals surface area contributed by atoms with Gasteiger partial charge in [0.05, 0.1) is 5.92 Å². The molecule has 1 fully saturated rings. The highest BCUT2D eigenvalue weighted by molar-refractivity contribution is 5.85. The van der Waals surface area contributed by atoms with Crippen LogP contribution in [0.4, 0.5) is 0 Å². The van der Waals surface area contributed by atoms with Gasteiger partial charge in [-0.1, -0.05) is 6.07 Å². The van der Waals surface area contributed by atoms with Gasteiger partial charge >= 0.3 is 0 Å². The number of H-pyrrole nitrogens is 1. The molecule has 0 bridgehead atoms. The Labute approximate surface area is 124 Å². The van der Waals surface area contributed by atoms with Crippen molar-refractivity contribution in [2.75, 3.05) is 13.1 Å². The summed E-state index contributed by atoms with van der Waals surface area (Å²) in [6.07, 6.45) is 3.63. The van der Waals surface area contributed by atoms with Crippen LogP contribution in [-0.2, 0) is 11.3 Å². The van der Waals surface area contributed by atoms with E-state index in [-0.39, 0.29) is 42.2 Å². The zero-order valence-corrected chi connectivity index (χ0v) is 12.1. The summed E-state index contributed by atoms with van der Waals surface area (Å²) in [4.78, 5) is 25.3. The summed E-state index contributed by atoms with van der Waals surface area (Å²) in [5.41, 5.74) is 0.776. The van der Waals surface area contributed by atoms with Gasteiger partial charge < -0.3 is 15.6 Å². The summed E-state index contributed by atoms with van der Waals surface area (Å²) in [5.74, 6) is 0.162. The van der Waals surface area contributed by atoms with E-state index in [0.717, 1.165) is 31.5 Å². The standard InChI is InChI=1S/C12H17N3O2.2ClH/c16-11-4-3-9(6-14-11)7-15-12(17)10-2-1-5-13-8-10;;/h3-4,6,10,13H,1-2,5,7-8H2,(H,14,16)(H,15,17);2*1H. The van der Waals surface area contributed by atoms with Gasteiger partial charge in [0.1, 0.15) is 0 Å². The summed E-state index contributed by atoms with van der Waals surface area (Å²) in [6, 6.07) is 3.18. The molecular weight excluding hydrogens is 289 g/mol. The first-order chi connectivity index (χ1) is 8.25. The van der Waals surface area contributed by atoms with Crippen LogP contribution in [0.15, 0.2) is 23.1 Å². The molecule has 0 radical (unpaired) electrons. The van der Waals surface area contributed by atoms with Crippen molar-refractivity contribution in [3.05, 3.63) is 34.2 Å². The molecule has 108 valence electrons. The Morgan fingerprint density at radius 2 is 2.16 bits per heavy atom. The predicted octanol–water partition coefficient (Wildman–Crippen LogP) is 0.834. The van der Waals surface area contributed by atoms with Crippen molar-refractivity contribution in [1.82, 2.24) is 15.6 Å². The van der Waals surface area contributed by atoms with E-state index in [1.54, 1.807) is 12.3 Å². The topological polar surface area (TPSA) is 74.0 Å². The number of hydrogen-bond donors (Lipinski definition) is 3. The summed E-state index contributed by atoms with van der Waals surface area (Å²) < 4.78 is 0. The summed E-state index contributed by atoms with van der Waals surface area (Å²) >= 11 is 0. The fourth-order valence-electron chi connectivity index (χ4n) is 1.96. The molecule has 0 spiro atoms. The molecule has 1 amide bonds. The fourth-order valence-corrected chi connectivity index (χ4v) is 1.96. The highest BCUT2D eigenvalue weighted by Crippen LogP contribution is 2.09. The van der Waals surface area contributed by atoms with Crippen LogP contribution in [0.3, 0.4) is 0 Å². The van der Waals surface area contributed by atoms with Crippen LogP contribution in [-0.4, -0.2) is 24.0 Å². The minimum Gasteiger partial charge on any atom is -0.352 e. The molecule has 19 heavy (non-hydrogen) atoms. The number of pyridine rings is 1. The number of amides is 1. The van der Waals surface area contributed by atoms with Crippen LogP contribution in [0.5, 0.6) is 0 Å². The van der Waals surface area contributed by atoms with Crippen LogP contribution < -0.4 is 16.2 Å². The van der Waals surface area contributed by atoms with Crippen molar-refractivity contribution < 1.29 is 4.79 Å². The smallest absolute Gasteiger partial charge is 0.247 e. The molecule has 1 saturated heterocycles. The average Bonchev–Trinajstić information content (AvgIpc) is 2.39. The second kappa shape index (κ2) is 8.96. The van der Waals surface area contributed by atoms with E-state index in [9.17, 15) is 9.59 Å². The van der Waals surface area contributed by atoms with Crippen molar-refractivity contribution in [2.45, 2.75) is 19.4 Å². The van der Waals surface area contributed by atoms with E-state index < -0.39 is 0 Å². The monoisotopic (exact) mass is 307 g/mol. The van der Waals surface area contributed by atoms with Crippen molar-refractivity contribution in [3.63, 3.8) is 0 Å². The molecule has 1 unspecified atom stereocenters. The van der Waals surface area contributed by atoms with E-state index in [1.165, 1.54) is 6.07 Å². The van der Waals surface area contributed by atoms with Crippen LogP contribution in [0.1, 0.15) is 18.4 Å². The number of aromatic amines is 1. The van der Waals surface area contributed by atoms with E-state index in [1.807, 2.05) is 0 Å². The van der Waals surface area contributed by atoms with Crippen molar-refractivity contribution in [2.24, 2.45) is 5.92 Å². The molecule has 2 rings (SSSR count). The number of rotatable bonds is 3. The minimum absolute atomic E-state index is 0. The van der Waals surface area contributed by atoms with E-state index >= 15 is 0 Å². The van der Waals surface area contributed by atoms with E-state index in [0.29, 0.717) is 6.54 Å². The lowest BCUT2D eigenvalue weighted by molar-refractivity contribution is -0.125. The highest BCUT2D eigenvalue weighted by atomic mass is 35.5. The number of piperidine rings is 1. The van der Waals surface area contributed by atoms with Crippen molar-refractivity contribution in [3.8, 4) is 0 Å². The molecule has 1 aromatic heterocycles. The largest absolute Gasteiger partial charge is 0.352 e. The molecule has 1 aromatic rings. The van der Waals surface area contributed by atoms with Gasteiger partial charge in [0.2, 0.25) is 11.5 Å². The lowest BCUT2D eigenvalue weighted by atomic mass is 9.99.